The average Bonchev–Trinajstić information content (AvgIpc) is 2.52. The highest BCUT2D eigenvalue weighted by Crippen LogP contribution is 2.29. The number of esters is 1. The third kappa shape index (κ3) is 4.00. The number of rotatable bonds is 4. The fourth-order valence-corrected chi connectivity index (χ4v) is 1.86. The molecule has 3 nitrogen and oxygen atoms in total. The van der Waals surface area contributed by atoms with E-state index in [1.54, 1.807) is 24.3 Å². The van der Waals surface area contributed by atoms with Crippen LogP contribution in [0.4, 0.5) is 18.9 Å². The summed E-state index contributed by atoms with van der Waals surface area (Å²) < 4.78 is 41.9. The number of hydrogen-bond acceptors (Lipinski definition) is 3. The van der Waals surface area contributed by atoms with Gasteiger partial charge in [0.05, 0.1) is 18.2 Å². The van der Waals surface area contributed by atoms with Crippen molar-refractivity contribution in [3.8, 4) is 0 Å². The smallest absolute Gasteiger partial charge is 0.416 e. The van der Waals surface area contributed by atoms with Crippen LogP contribution in [0.15, 0.2) is 48.5 Å². The Balaban J connectivity index is 1.97. The Kier molecular flexibility index (Phi) is 4.70. The molecule has 2 aromatic carbocycles. The number of alkyl halides is 3. The highest BCUT2D eigenvalue weighted by atomic mass is 19.4. The van der Waals surface area contributed by atoms with Crippen molar-refractivity contribution in [2.45, 2.75) is 12.7 Å². The predicted octanol–water partition coefficient (Wildman–Crippen LogP) is 4.10. The number of ether oxygens (including phenoxy) is 1. The molecule has 0 amide bonds. The van der Waals surface area contributed by atoms with Crippen LogP contribution >= 0.6 is 0 Å². The monoisotopic (exact) mass is 309 g/mol. The number of benzene rings is 2. The Hall–Kier alpha value is -2.50. The maximum Gasteiger partial charge on any atom is 0.416 e. The summed E-state index contributed by atoms with van der Waals surface area (Å²) in [4.78, 5) is 11.3. The lowest BCUT2D eigenvalue weighted by molar-refractivity contribution is -0.137. The molecule has 2 aromatic rings. The van der Waals surface area contributed by atoms with E-state index in [9.17, 15) is 18.0 Å². The molecule has 0 heterocycles. The molecular formula is C16H14F3NO2. The van der Waals surface area contributed by atoms with E-state index in [0.29, 0.717) is 17.8 Å². The van der Waals surface area contributed by atoms with E-state index in [-0.39, 0.29) is 0 Å². The van der Waals surface area contributed by atoms with Gasteiger partial charge in [-0.2, -0.15) is 13.2 Å². The normalized spacial score (nSPS) is 11.1. The number of nitrogens with one attached hydrogen (secondary N) is 1. The van der Waals surface area contributed by atoms with Crippen LogP contribution in [0.2, 0.25) is 0 Å². The van der Waals surface area contributed by atoms with E-state index in [1.165, 1.54) is 19.2 Å². The van der Waals surface area contributed by atoms with Crippen LogP contribution < -0.4 is 5.32 Å². The van der Waals surface area contributed by atoms with Gasteiger partial charge in [-0.3, -0.25) is 0 Å². The lowest BCUT2D eigenvalue weighted by Gasteiger charge is -2.10. The first-order valence-corrected chi connectivity index (χ1v) is 6.48. The van der Waals surface area contributed by atoms with Gasteiger partial charge in [0.15, 0.2) is 0 Å². The van der Waals surface area contributed by atoms with Crippen LogP contribution in [-0.4, -0.2) is 13.1 Å². The summed E-state index contributed by atoms with van der Waals surface area (Å²) >= 11 is 0. The van der Waals surface area contributed by atoms with Crippen LogP contribution in [-0.2, 0) is 17.5 Å². The largest absolute Gasteiger partial charge is 0.465 e. The van der Waals surface area contributed by atoms with Crippen LogP contribution in [0.1, 0.15) is 21.5 Å². The van der Waals surface area contributed by atoms with E-state index >= 15 is 0 Å². The van der Waals surface area contributed by atoms with Gasteiger partial charge in [-0.05, 0) is 42.0 Å². The van der Waals surface area contributed by atoms with Crippen molar-refractivity contribution in [1.82, 2.24) is 0 Å². The summed E-state index contributed by atoms with van der Waals surface area (Å²) in [7, 11) is 1.31. The van der Waals surface area contributed by atoms with Gasteiger partial charge in [0.2, 0.25) is 0 Å². The molecule has 0 aromatic heterocycles. The fourth-order valence-electron chi connectivity index (χ4n) is 1.86. The number of anilines is 1. The molecule has 22 heavy (non-hydrogen) atoms. The summed E-state index contributed by atoms with van der Waals surface area (Å²) in [5.74, 6) is -0.415. The number of carbonyl (C=O) groups excluding carboxylic acids is 1. The summed E-state index contributed by atoms with van der Waals surface area (Å²) in [6.45, 7) is 0.437. The molecule has 0 saturated heterocycles. The van der Waals surface area contributed by atoms with Gasteiger partial charge in [-0.15, -0.1) is 0 Å². The molecule has 6 heteroatoms. The number of carbonyl (C=O) groups is 1. The second-order valence-corrected chi connectivity index (χ2v) is 4.62. The summed E-state index contributed by atoms with van der Waals surface area (Å²) in [6, 6.07) is 11.6. The van der Waals surface area contributed by atoms with E-state index in [1.807, 2.05) is 0 Å². The van der Waals surface area contributed by atoms with Crippen molar-refractivity contribution in [2.24, 2.45) is 0 Å². The van der Waals surface area contributed by atoms with Crippen molar-refractivity contribution >= 4 is 11.7 Å². The van der Waals surface area contributed by atoms with Crippen LogP contribution in [0.3, 0.4) is 0 Å². The van der Waals surface area contributed by atoms with Gasteiger partial charge in [0.1, 0.15) is 0 Å². The maximum atomic E-state index is 12.4. The molecule has 0 radical (unpaired) electrons. The number of hydrogen-bond donors (Lipinski definition) is 1. The second-order valence-electron chi connectivity index (χ2n) is 4.62. The minimum Gasteiger partial charge on any atom is -0.465 e. The van der Waals surface area contributed by atoms with Crippen molar-refractivity contribution in [3.05, 3.63) is 65.2 Å². The van der Waals surface area contributed by atoms with Gasteiger partial charge in [-0.25, -0.2) is 4.79 Å². The van der Waals surface area contributed by atoms with Gasteiger partial charge in [-0.1, -0.05) is 12.1 Å². The first-order valence-electron chi connectivity index (χ1n) is 6.48. The molecule has 0 bridgehead atoms. The van der Waals surface area contributed by atoms with Gasteiger partial charge >= 0.3 is 12.1 Å². The predicted molar refractivity (Wildman–Crippen MR) is 76.6 cm³/mol. The van der Waals surface area contributed by atoms with Crippen molar-refractivity contribution in [1.29, 1.82) is 0 Å². The summed E-state index contributed by atoms with van der Waals surface area (Å²) in [5.41, 5.74) is 1.25. The lowest BCUT2D eigenvalue weighted by atomic mass is 10.1. The molecule has 0 spiro atoms. The van der Waals surface area contributed by atoms with Gasteiger partial charge < -0.3 is 10.1 Å². The van der Waals surface area contributed by atoms with Gasteiger partial charge in [0, 0.05) is 12.2 Å². The highest BCUT2D eigenvalue weighted by molar-refractivity contribution is 5.89. The maximum absolute atomic E-state index is 12.4. The van der Waals surface area contributed by atoms with E-state index < -0.39 is 17.7 Å². The fraction of sp³-hybridized carbons (Fsp3) is 0.188. The van der Waals surface area contributed by atoms with Crippen molar-refractivity contribution in [2.75, 3.05) is 12.4 Å². The zero-order valence-electron chi connectivity index (χ0n) is 11.8. The van der Waals surface area contributed by atoms with Crippen molar-refractivity contribution < 1.29 is 22.7 Å². The zero-order chi connectivity index (χ0) is 16.2. The Morgan fingerprint density at radius 2 is 1.64 bits per heavy atom. The minimum atomic E-state index is -4.33. The molecule has 0 unspecified atom stereocenters. The molecule has 0 aliphatic heterocycles. The first kappa shape index (κ1) is 15.9. The third-order valence-corrected chi connectivity index (χ3v) is 3.08. The SMILES string of the molecule is COC(=O)c1ccc(CNc2ccc(C(F)(F)F)cc2)cc1. The molecule has 2 rings (SSSR count). The van der Waals surface area contributed by atoms with E-state index in [2.05, 4.69) is 10.1 Å². The zero-order valence-corrected chi connectivity index (χ0v) is 11.8. The standard InChI is InChI=1S/C16H14F3NO2/c1-22-15(21)12-4-2-11(3-5-12)10-20-14-8-6-13(7-9-14)16(17,18)19/h2-9,20H,10H2,1H3. The summed E-state index contributed by atoms with van der Waals surface area (Å²) in [5, 5.41) is 3.02. The molecular weight excluding hydrogens is 295 g/mol. The number of methoxy groups -OCH3 is 1. The lowest BCUT2D eigenvalue weighted by Crippen LogP contribution is -2.05. The molecule has 0 atom stereocenters. The molecule has 0 saturated carbocycles. The van der Waals surface area contributed by atoms with Gasteiger partial charge in [0.25, 0.3) is 0 Å². The molecule has 0 aliphatic rings. The molecule has 0 fully saturated rings. The quantitative estimate of drug-likeness (QED) is 0.864. The topological polar surface area (TPSA) is 38.3 Å². The Bertz CT molecular complexity index is 634. The van der Waals surface area contributed by atoms with E-state index in [4.69, 9.17) is 0 Å². The Morgan fingerprint density at radius 1 is 1.05 bits per heavy atom. The van der Waals surface area contributed by atoms with Crippen LogP contribution in [0, 0.1) is 0 Å². The molecule has 0 aliphatic carbocycles. The van der Waals surface area contributed by atoms with E-state index in [0.717, 1.165) is 17.7 Å². The Morgan fingerprint density at radius 3 is 2.14 bits per heavy atom. The number of halogens is 3. The highest BCUT2D eigenvalue weighted by Gasteiger charge is 2.29. The average molecular weight is 309 g/mol. The first-order chi connectivity index (χ1) is 10.4. The van der Waals surface area contributed by atoms with Crippen molar-refractivity contribution in [3.63, 3.8) is 0 Å². The van der Waals surface area contributed by atoms with Crippen LogP contribution in [0.25, 0.3) is 0 Å². The second kappa shape index (κ2) is 6.51. The molecule has 1 N–H and O–H groups in total. The summed E-state index contributed by atoms with van der Waals surface area (Å²) in [6.07, 6.45) is -4.33. The molecule has 116 valence electrons. The Labute approximate surface area is 125 Å². The minimum absolute atomic E-state index is 0.415. The van der Waals surface area contributed by atoms with Crippen LogP contribution in [0.5, 0.6) is 0 Å². The third-order valence-electron chi connectivity index (χ3n) is 3.08.